The molecule has 0 bridgehead atoms. The average Bonchev–Trinajstić information content (AvgIpc) is 2.33. The van der Waals surface area contributed by atoms with E-state index < -0.39 is 0 Å². The van der Waals surface area contributed by atoms with Gasteiger partial charge in [0.25, 0.3) is 0 Å². The molecule has 0 aromatic heterocycles. The normalized spacial score (nSPS) is 9.00. The highest BCUT2D eigenvalue weighted by Crippen LogP contribution is 2.07. The van der Waals surface area contributed by atoms with Crippen LogP contribution < -0.4 is 0 Å². The van der Waals surface area contributed by atoms with E-state index in [9.17, 15) is 4.79 Å². The molecule has 0 atom stereocenters. The molecule has 2 N–H and O–H groups in total. The second kappa shape index (κ2) is 9.37. The van der Waals surface area contributed by atoms with Gasteiger partial charge in [0.05, 0.1) is 6.61 Å². The van der Waals surface area contributed by atoms with Gasteiger partial charge in [-0.2, -0.15) is 0 Å². The summed E-state index contributed by atoms with van der Waals surface area (Å²) in [6.45, 7) is 0.0919. The van der Waals surface area contributed by atoms with Gasteiger partial charge in [0.1, 0.15) is 6.29 Å². The fraction of sp³-hybridized carbons (Fsp3) is 0.417. The van der Waals surface area contributed by atoms with E-state index in [1.54, 1.807) is 0 Å². The number of rotatable bonds is 5. The second-order valence-corrected chi connectivity index (χ2v) is 3.03. The van der Waals surface area contributed by atoms with Crippen LogP contribution in [0.15, 0.2) is 24.3 Å². The van der Waals surface area contributed by atoms with Gasteiger partial charge in [-0.3, -0.25) is 0 Å². The fourth-order valence-electron chi connectivity index (χ4n) is 1.20. The molecule has 3 nitrogen and oxygen atoms in total. The number of aldehydes is 1. The first-order valence-electron chi connectivity index (χ1n) is 4.94. The van der Waals surface area contributed by atoms with Gasteiger partial charge in [0.15, 0.2) is 0 Å². The van der Waals surface area contributed by atoms with Crippen molar-refractivity contribution in [3.8, 4) is 0 Å². The summed E-state index contributed by atoms with van der Waals surface area (Å²) in [5.74, 6) is 0. The number of hydrogen-bond acceptors (Lipinski definition) is 3. The number of aliphatic hydroxyl groups is 2. The molecule has 1 rings (SSSR count). The van der Waals surface area contributed by atoms with Crippen molar-refractivity contribution in [1.29, 1.82) is 0 Å². The van der Waals surface area contributed by atoms with Crippen LogP contribution in [0.2, 0.25) is 0 Å². The summed E-state index contributed by atoms with van der Waals surface area (Å²) in [4.78, 5) is 10.1. The summed E-state index contributed by atoms with van der Waals surface area (Å²) >= 11 is 0. The Bertz CT molecular complexity index is 254. The molecule has 0 radical (unpaired) electrons. The topological polar surface area (TPSA) is 57.5 Å². The van der Waals surface area contributed by atoms with Crippen LogP contribution in [-0.4, -0.2) is 23.6 Å². The molecule has 0 saturated carbocycles. The standard InChI is InChI=1S/C11H14O2.CH4O/c12-8-2-1-3-10-4-6-11(9-13)7-5-10;1-2/h4-8,13H,1-3,9H2;2H,1H3. The van der Waals surface area contributed by atoms with Crippen molar-refractivity contribution in [3.63, 3.8) is 0 Å². The minimum absolute atomic E-state index is 0.0919. The lowest BCUT2D eigenvalue weighted by atomic mass is 10.1. The number of carbonyl (C=O) groups is 1. The molecule has 0 aliphatic rings. The minimum atomic E-state index is 0.0919. The summed E-state index contributed by atoms with van der Waals surface area (Å²) in [6, 6.07) is 7.82. The number of benzene rings is 1. The molecule has 3 heteroatoms. The van der Waals surface area contributed by atoms with E-state index in [-0.39, 0.29) is 6.61 Å². The van der Waals surface area contributed by atoms with Crippen molar-refractivity contribution in [1.82, 2.24) is 0 Å². The Labute approximate surface area is 90.4 Å². The number of unbranched alkanes of at least 4 members (excludes halogenated alkanes) is 1. The first-order valence-corrected chi connectivity index (χ1v) is 4.94. The van der Waals surface area contributed by atoms with Crippen molar-refractivity contribution < 1.29 is 15.0 Å². The third-order valence-electron chi connectivity index (χ3n) is 1.99. The summed E-state index contributed by atoms with van der Waals surface area (Å²) in [6.07, 6.45) is 3.41. The molecule has 15 heavy (non-hydrogen) atoms. The van der Waals surface area contributed by atoms with Crippen molar-refractivity contribution in [2.24, 2.45) is 0 Å². The zero-order chi connectivity index (χ0) is 11.5. The first-order chi connectivity index (χ1) is 7.36. The maximum absolute atomic E-state index is 10.1. The van der Waals surface area contributed by atoms with Crippen LogP contribution in [-0.2, 0) is 17.8 Å². The Morgan fingerprint density at radius 2 is 1.67 bits per heavy atom. The Morgan fingerprint density at radius 1 is 1.13 bits per heavy atom. The van der Waals surface area contributed by atoms with Gasteiger partial charge >= 0.3 is 0 Å². The number of hydrogen-bond donors (Lipinski definition) is 2. The Morgan fingerprint density at radius 3 is 2.13 bits per heavy atom. The summed E-state index contributed by atoms with van der Waals surface area (Å²) in [5.41, 5.74) is 2.15. The predicted molar refractivity (Wildman–Crippen MR) is 59.5 cm³/mol. The van der Waals surface area contributed by atoms with Gasteiger partial charge in [-0.15, -0.1) is 0 Å². The molecule has 0 heterocycles. The molecule has 0 spiro atoms. The molecule has 1 aromatic carbocycles. The number of carbonyl (C=O) groups excluding carboxylic acids is 1. The Hall–Kier alpha value is -1.19. The van der Waals surface area contributed by atoms with Crippen molar-refractivity contribution in [2.45, 2.75) is 25.9 Å². The van der Waals surface area contributed by atoms with E-state index >= 15 is 0 Å². The second-order valence-electron chi connectivity index (χ2n) is 3.03. The van der Waals surface area contributed by atoms with Crippen LogP contribution in [0.1, 0.15) is 24.0 Å². The lowest BCUT2D eigenvalue weighted by Crippen LogP contribution is -1.88. The first kappa shape index (κ1) is 13.8. The number of aliphatic hydroxyl groups excluding tert-OH is 2. The van der Waals surface area contributed by atoms with E-state index in [1.807, 2.05) is 24.3 Å². The summed E-state index contributed by atoms with van der Waals surface area (Å²) in [5, 5.41) is 15.8. The van der Waals surface area contributed by atoms with Gasteiger partial charge in [0, 0.05) is 13.5 Å². The van der Waals surface area contributed by atoms with Gasteiger partial charge in [-0.05, 0) is 24.0 Å². The quantitative estimate of drug-likeness (QED) is 0.569. The van der Waals surface area contributed by atoms with E-state index in [0.717, 1.165) is 31.8 Å². The van der Waals surface area contributed by atoms with Crippen LogP contribution in [0, 0.1) is 0 Å². The van der Waals surface area contributed by atoms with Gasteiger partial charge in [0.2, 0.25) is 0 Å². The third-order valence-corrected chi connectivity index (χ3v) is 1.99. The van der Waals surface area contributed by atoms with E-state index in [2.05, 4.69) is 0 Å². The largest absolute Gasteiger partial charge is 0.400 e. The maximum Gasteiger partial charge on any atom is 0.120 e. The van der Waals surface area contributed by atoms with E-state index in [4.69, 9.17) is 10.2 Å². The lowest BCUT2D eigenvalue weighted by Gasteiger charge is -2.00. The zero-order valence-electron chi connectivity index (χ0n) is 9.02. The molecule has 0 unspecified atom stereocenters. The highest BCUT2D eigenvalue weighted by atomic mass is 16.3. The van der Waals surface area contributed by atoms with E-state index in [0.29, 0.717) is 6.42 Å². The Kier molecular flexibility index (Phi) is 8.63. The van der Waals surface area contributed by atoms with E-state index in [1.165, 1.54) is 5.56 Å². The zero-order valence-corrected chi connectivity index (χ0v) is 9.02. The molecule has 0 aliphatic heterocycles. The smallest absolute Gasteiger partial charge is 0.120 e. The monoisotopic (exact) mass is 210 g/mol. The fourth-order valence-corrected chi connectivity index (χ4v) is 1.20. The van der Waals surface area contributed by atoms with Crippen molar-refractivity contribution in [2.75, 3.05) is 7.11 Å². The molecule has 0 saturated heterocycles. The van der Waals surface area contributed by atoms with Crippen LogP contribution in [0.4, 0.5) is 0 Å². The SMILES string of the molecule is CO.O=CCCCc1ccc(CO)cc1. The highest BCUT2D eigenvalue weighted by molar-refractivity contribution is 5.49. The van der Waals surface area contributed by atoms with Crippen molar-refractivity contribution >= 4 is 6.29 Å². The van der Waals surface area contributed by atoms with Gasteiger partial charge in [-0.25, -0.2) is 0 Å². The molecular formula is C12H18O3. The minimum Gasteiger partial charge on any atom is -0.400 e. The van der Waals surface area contributed by atoms with Gasteiger partial charge < -0.3 is 15.0 Å². The molecular weight excluding hydrogens is 192 g/mol. The Balaban J connectivity index is 0.000000921. The molecule has 1 aromatic rings. The maximum atomic E-state index is 10.1. The third kappa shape index (κ3) is 5.99. The van der Waals surface area contributed by atoms with Crippen molar-refractivity contribution in [3.05, 3.63) is 35.4 Å². The highest BCUT2D eigenvalue weighted by Gasteiger charge is 1.93. The summed E-state index contributed by atoms with van der Waals surface area (Å²) in [7, 11) is 1.00. The summed E-state index contributed by atoms with van der Waals surface area (Å²) < 4.78 is 0. The average molecular weight is 210 g/mol. The molecule has 84 valence electrons. The van der Waals surface area contributed by atoms with Crippen LogP contribution >= 0.6 is 0 Å². The van der Waals surface area contributed by atoms with Crippen LogP contribution in [0.3, 0.4) is 0 Å². The molecule has 0 fully saturated rings. The molecule has 0 aliphatic carbocycles. The van der Waals surface area contributed by atoms with Crippen LogP contribution in [0.5, 0.6) is 0 Å². The lowest BCUT2D eigenvalue weighted by molar-refractivity contribution is -0.107. The van der Waals surface area contributed by atoms with Gasteiger partial charge in [-0.1, -0.05) is 24.3 Å². The number of aryl methyl sites for hydroxylation is 1. The van der Waals surface area contributed by atoms with Crippen LogP contribution in [0.25, 0.3) is 0 Å². The molecule has 0 amide bonds. The predicted octanol–water partition coefficient (Wildman–Crippen LogP) is 1.31.